The minimum atomic E-state index is 0.145. The zero-order chi connectivity index (χ0) is 11.4. The Kier molecular flexibility index (Phi) is 4.82. The van der Waals surface area contributed by atoms with Gasteiger partial charge in [-0.2, -0.15) is 11.3 Å². The highest BCUT2D eigenvalue weighted by atomic mass is 79.9. The number of hydrogen-bond donors (Lipinski definition) is 1. The monoisotopic (exact) mass is 303 g/mol. The topological polar surface area (TPSA) is 35.2 Å². The predicted molar refractivity (Wildman–Crippen MR) is 71.8 cm³/mol. The standard InChI is InChI=1S/C12H18BrNOS/c13-11-8-16-7-10(11)12(14)5-4-9-3-1-2-6-15-9/h7-9,12H,1-6,14H2. The highest BCUT2D eigenvalue weighted by molar-refractivity contribution is 9.10. The van der Waals surface area contributed by atoms with E-state index >= 15 is 0 Å². The SMILES string of the molecule is NC(CCC1CCCCO1)c1cscc1Br. The Labute approximate surface area is 109 Å². The maximum absolute atomic E-state index is 6.18. The molecule has 0 aliphatic carbocycles. The van der Waals surface area contributed by atoms with Gasteiger partial charge >= 0.3 is 0 Å². The van der Waals surface area contributed by atoms with E-state index in [1.807, 2.05) is 0 Å². The molecule has 0 aromatic carbocycles. The number of thiophene rings is 1. The molecule has 4 heteroatoms. The van der Waals surface area contributed by atoms with Gasteiger partial charge in [-0.3, -0.25) is 0 Å². The van der Waals surface area contributed by atoms with Gasteiger partial charge in [0.15, 0.2) is 0 Å². The van der Waals surface area contributed by atoms with Crippen LogP contribution in [-0.4, -0.2) is 12.7 Å². The molecular formula is C12H18BrNOS. The molecule has 1 saturated heterocycles. The second kappa shape index (κ2) is 6.15. The van der Waals surface area contributed by atoms with Crippen LogP contribution in [0.25, 0.3) is 0 Å². The fraction of sp³-hybridized carbons (Fsp3) is 0.667. The van der Waals surface area contributed by atoms with Crippen molar-refractivity contribution in [3.63, 3.8) is 0 Å². The summed E-state index contributed by atoms with van der Waals surface area (Å²) < 4.78 is 6.86. The lowest BCUT2D eigenvalue weighted by Gasteiger charge is -2.23. The lowest BCUT2D eigenvalue weighted by Crippen LogP contribution is -2.21. The minimum absolute atomic E-state index is 0.145. The molecule has 0 saturated carbocycles. The number of hydrogen-bond acceptors (Lipinski definition) is 3. The van der Waals surface area contributed by atoms with E-state index in [9.17, 15) is 0 Å². The van der Waals surface area contributed by atoms with Gasteiger partial charge in [-0.25, -0.2) is 0 Å². The van der Waals surface area contributed by atoms with Gasteiger partial charge in [0.1, 0.15) is 0 Å². The van der Waals surface area contributed by atoms with Gasteiger partial charge in [0, 0.05) is 22.5 Å². The van der Waals surface area contributed by atoms with Gasteiger partial charge in [0.2, 0.25) is 0 Å². The van der Waals surface area contributed by atoms with Crippen molar-refractivity contribution >= 4 is 27.3 Å². The zero-order valence-corrected chi connectivity index (χ0v) is 11.7. The van der Waals surface area contributed by atoms with Crippen LogP contribution >= 0.6 is 27.3 Å². The highest BCUT2D eigenvalue weighted by Gasteiger charge is 2.17. The molecular weight excluding hydrogens is 286 g/mol. The Balaban J connectivity index is 1.79. The molecule has 1 aliphatic heterocycles. The summed E-state index contributed by atoms with van der Waals surface area (Å²) >= 11 is 5.23. The second-order valence-electron chi connectivity index (χ2n) is 4.35. The first-order chi connectivity index (χ1) is 7.77. The molecule has 2 unspecified atom stereocenters. The summed E-state index contributed by atoms with van der Waals surface area (Å²) in [5.41, 5.74) is 7.42. The first kappa shape index (κ1) is 12.6. The number of rotatable bonds is 4. The molecule has 1 aromatic heterocycles. The molecule has 90 valence electrons. The molecule has 0 radical (unpaired) electrons. The van der Waals surface area contributed by atoms with E-state index in [1.165, 1.54) is 24.8 Å². The molecule has 2 atom stereocenters. The zero-order valence-electron chi connectivity index (χ0n) is 9.32. The number of ether oxygens (including phenoxy) is 1. The third kappa shape index (κ3) is 3.29. The van der Waals surface area contributed by atoms with E-state index < -0.39 is 0 Å². The van der Waals surface area contributed by atoms with E-state index in [-0.39, 0.29) is 6.04 Å². The molecule has 16 heavy (non-hydrogen) atoms. The van der Waals surface area contributed by atoms with Gasteiger partial charge in [-0.15, -0.1) is 0 Å². The fourth-order valence-electron chi connectivity index (χ4n) is 2.11. The van der Waals surface area contributed by atoms with Gasteiger partial charge in [-0.05, 0) is 59.0 Å². The summed E-state index contributed by atoms with van der Waals surface area (Å²) in [7, 11) is 0. The van der Waals surface area contributed by atoms with E-state index in [0.29, 0.717) is 6.10 Å². The van der Waals surface area contributed by atoms with Crippen LogP contribution in [0.5, 0.6) is 0 Å². The highest BCUT2D eigenvalue weighted by Crippen LogP contribution is 2.29. The summed E-state index contributed by atoms with van der Waals surface area (Å²) in [5.74, 6) is 0. The van der Waals surface area contributed by atoms with Crippen molar-refractivity contribution in [2.24, 2.45) is 5.73 Å². The van der Waals surface area contributed by atoms with Crippen molar-refractivity contribution in [2.75, 3.05) is 6.61 Å². The van der Waals surface area contributed by atoms with Crippen LogP contribution in [0.3, 0.4) is 0 Å². The van der Waals surface area contributed by atoms with Crippen LogP contribution in [0.4, 0.5) is 0 Å². The smallest absolute Gasteiger partial charge is 0.0575 e. The van der Waals surface area contributed by atoms with Crippen molar-refractivity contribution in [3.8, 4) is 0 Å². The molecule has 2 rings (SSSR count). The molecule has 0 bridgehead atoms. The average Bonchev–Trinajstić information content (AvgIpc) is 2.74. The lowest BCUT2D eigenvalue weighted by atomic mass is 9.99. The summed E-state index contributed by atoms with van der Waals surface area (Å²) in [6.07, 6.45) is 6.28. The Bertz CT molecular complexity index is 323. The molecule has 1 fully saturated rings. The normalized spacial score (nSPS) is 23.2. The molecule has 1 aromatic rings. The lowest BCUT2D eigenvalue weighted by molar-refractivity contribution is 0.00912. The maximum Gasteiger partial charge on any atom is 0.0575 e. The fourth-order valence-corrected chi connectivity index (χ4v) is 3.77. The Morgan fingerprint density at radius 2 is 2.38 bits per heavy atom. The van der Waals surface area contributed by atoms with Crippen molar-refractivity contribution < 1.29 is 4.74 Å². The molecule has 2 heterocycles. The molecule has 0 amide bonds. The van der Waals surface area contributed by atoms with Crippen LogP contribution in [-0.2, 0) is 4.74 Å². The van der Waals surface area contributed by atoms with Crippen molar-refractivity contribution in [2.45, 2.75) is 44.2 Å². The Morgan fingerprint density at radius 1 is 1.50 bits per heavy atom. The molecule has 2 N–H and O–H groups in total. The third-order valence-electron chi connectivity index (χ3n) is 3.12. The van der Waals surface area contributed by atoms with Gasteiger partial charge in [-0.1, -0.05) is 0 Å². The van der Waals surface area contributed by atoms with Crippen LogP contribution < -0.4 is 5.73 Å². The van der Waals surface area contributed by atoms with Gasteiger partial charge in [0.25, 0.3) is 0 Å². The van der Waals surface area contributed by atoms with Crippen LogP contribution in [0, 0.1) is 0 Å². The van der Waals surface area contributed by atoms with E-state index in [0.717, 1.165) is 23.9 Å². The predicted octanol–water partition coefficient (Wildman–Crippen LogP) is 3.86. The van der Waals surface area contributed by atoms with E-state index in [1.54, 1.807) is 11.3 Å². The van der Waals surface area contributed by atoms with E-state index in [4.69, 9.17) is 10.5 Å². The van der Waals surface area contributed by atoms with Crippen molar-refractivity contribution in [1.29, 1.82) is 0 Å². The van der Waals surface area contributed by atoms with Gasteiger partial charge < -0.3 is 10.5 Å². The molecule has 0 spiro atoms. The number of nitrogens with two attached hydrogens (primary N) is 1. The van der Waals surface area contributed by atoms with Crippen molar-refractivity contribution in [1.82, 2.24) is 0 Å². The third-order valence-corrected chi connectivity index (χ3v) is 4.87. The summed E-state index contributed by atoms with van der Waals surface area (Å²) in [6.45, 7) is 0.933. The van der Waals surface area contributed by atoms with Crippen LogP contribution in [0.1, 0.15) is 43.7 Å². The van der Waals surface area contributed by atoms with Crippen LogP contribution in [0.15, 0.2) is 15.2 Å². The second-order valence-corrected chi connectivity index (χ2v) is 5.95. The van der Waals surface area contributed by atoms with Crippen LogP contribution in [0.2, 0.25) is 0 Å². The number of halogens is 1. The quantitative estimate of drug-likeness (QED) is 0.916. The minimum Gasteiger partial charge on any atom is -0.378 e. The van der Waals surface area contributed by atoms with Crippen molar-refractivity contribution in [3.05, 3.63) is 20.8 Å². The Hall–Kier alpha value is 0.100. The Morgan fingerprint density at radius 3 is 3.00 bits per heavy atom. The average molecular weight is 304 g/mol. The van der Waals surface area contributed by atoms with Gasteiger partial charge in [0.05, 0.1) is 6.10 Å². The summed E-state index contributed by atoms with van der Waals surface area (Å²) in [5, 5.41) is 4.22. The first-order valence-corrected chi connectivity index (χ1v) is 7.59. The largest absolute Gasteiger partial charge is 0.378 e. The van der Waals surface area contributed by atoms with E-state index in [2.05, 4.69) is 26.7 Å². The molecule has 1 aliphatic rings. The summed E-state index contributed by atoms with van der Waals surface area (Å²) in [6, 6.07) is 0.145. The first-order valence-electron chi connectivity index (χ1n) is 5.86. The maximum atomic E-state index is 6.18. The molecule has 2 nitrogen and oxygen atoms in total. The summed E-state index contributed by atoms with van der Waals surface area (Å²) in [4.78, 5) is 0.